The highest BCUT2D eigenvalue weighted by Crippen LogP contribution is 2.41. The summed E-state index contributed by atoms with van der Waals surface area (Å²) in [5.74, 6) is -0.631. The first-order chi connectivity index (χ1) is 10.0. The van der Waals surface area contributed by atoms with Crippen LogP contribution in [0.4, 0.5) is 0 Å². The van der Waals surface area contributed by atoms with Gasteiger partial charge >= 0.3 is 5.97 Å². The lowest BCUT2D eigenvalue weighted by atomic mass is 9.77. The fraction of sp³-hybridized carbons (Fsp3) is 0.941. The first kappa shape index (κ1) is 15.3. The number of carboxylic acids is 1. The van der Waals surface area contributed by atoms with Crippen molar-refractivity contribution in [2.45, 2.75) is 88.4 Å². The summed E-state index contributed by atoms with van der Waals surface area (Å²) in [6.45, 7) is 3.49. The van der Waals surface area contributed by atoms with E-state index in [0.717, 1.165) is 25.4 Å². The van der Waals surface area contributed by atoms with Gasteiger partial charge in [-0.1, -0.05) is 19.3 Å². The molecule has 2 atom stereocenters. The summed E-state index contributed by atoms with van der Waals surface area (Å²) in [6.07, 6.45) is 10.0. The van der Waals surface area contributed by atoms with Gasteiger partial charge in [0, 0.05) is 30.2 Å². The average Bonchev–Trinajstić information content (AvgIpc) is 3.21. The van der Waals surface area contributed by atoms with Gasteiger partial charge in [-0.15, -0.1) is 0 Å². The Bertz CT molecular complexity index is 388. The van der Waals surface area contributed by atoms with Crippen LogP contribution in [-0.4, -0.2) is 58.1 Å². The van der Waals surface area contributed by atoms with Gasteiger partial charge in [0.05, 0.1) is 6.42 Å². The van der Waals surface area contributed by atoms with Crippen LogP contribution in [-0.2, 0) is 4.79 Å². The van der Waals surface area contributed by atoms with Gasteiger partial charge in [0.15, 0.2) is 0 Å². The molecule has 1 N–H and O–H groups in total. The van der Waals surface area contributed by atoms with Gasteiger partial charge in [-0.05, 0) is 46.1 Å². The number of hydrogen-bond acceptors (Lipinski definition) is 3. The standard InChI is InChI=1S/C17H30N2O2/c1-13-10-15(12-19(13)14-6-7-14)18(2)17(11-16(20)21)8-4-3-5-9-17/h13-15H,3-12H2,1-2H3,(H,20,21). The molecule has 0 aromatic heterocycles. The molecule has 2 unspecified atom stereocenters. The predicted octanol–water partition coefficient (Wildman–Crippen LogP) is 2.72. The molecule has 3 fully saturated rings. The zero-order valence-corrected chi connectivity index (χ0v) is 13.6. The SMILES string of the molecule is CC1CC(N(C)C2(CC(=O)O)CCCCC2)CN1C1CC1. The Hall–Kier alpha value is -0.610. The summed E-state index contributed by atoms with van der Waals surface area (Å²) in [7, 11) is 2.20. The number of likely N-dealkylation sites (N-methyl/N-ethyl adjacent to an activating group) is 1. The van der Waals surface area contributed by atoms with Gasteiger partial charge in [-0.25, -0.2) is 0 Å². The topological polar surface area (TPSA) is 43.8 Å². The van der Waals surface area contributed by atoms with Crippen LogP contribution < -0.4 is 0 Å². The summed E-state index contributed by atoms with van der Waals surface area (Å²) in [5.41, 5.74) is -0.0893. The van der Waals surface area contributed by atoms with Crippen molar-refractivity contribution >= 4 is 5.97 Å². The van der Waals surface area contributed by atoms with Gasteiger partial charge in [0.25, 0.3) is 0 Å². The third-order valence-corrected chi connectivity index (χ3v) is 6.18. The van der Waals surface area contributed by atoms with Crippen molar-refractivity contribution in [3.05, 3.63) is 0 Å². The second kappa shape index (κ2) is 5.88. The maximum atomic E-state index is 11.4. The highest BCUT2D eigenvalue weighted by molar-refractivity contribution is 5.68. The number of carboxylic acid groups (broad SMARTS) is 1. The van der Waals surface area contributed by atoms with E-state index in [1.807, 2.05) is 0 Å². The maximum absolute atomic E-state index is 11.4. The smallest absolute Gasteiger partial charge is 0.305 e. The third kappa shape index (κ3) is 3.11. The van der Waals surface area contributed by atoms with Crippen LogP contribution in [0.25, 0.3) is 0 Å². The Morgan fingerprint density at radius 2 is 1.95 bits per heavy atom. The molecule has 1 aliphatic heterocycles. The Morgan fingerprint density at radius 3 is 2.52 bits per heavy atom. The van der Waals surface area contributed by atoms with Gasteiger partial charge in [-0.2, -0.15) is 0 Å². The third-order valence-electron chi connectivity index (χ3n) is 6.18. The summed E-state index contributed by atoms with van der Waals surface area (Å²) < 4.78 is 0. The largest absolute Gasteiger partial charge is 0.481 e. The minimum atomic E-state index is -0.631. The van der Waals surface area contributed by atoms with E-state index in [1.165, 1.54) is 38.5 Å². The summed E-state index contributed by atoms with van der Waals surface area (Å²) in [4.78, 5) is 16.5. The van der Waals surface area contributed by atoms with Gasteiger partial charge in [-0.3, -0.25) is 14.6 Å². The predicted molar refractivity (Wildman–Crippen MR) is 83.4 cm³/mol. The van der Waals surface area contributed by atoms with Crippen LogP contribution in [0.5, 0.6) is 0 Å². The minimum absolute atomic E-state index is 0.0893. The molecule has 2 aliphatic carbocycles. The van der Waals surface area contributed by atoms with Crippen molar-refractivity contribution in [3.8, 4) is 0 Å². The van der Waals surface area contributed by atoms with Crippen LogP contribution in [0.1, 0.15) is 64.7 Å². The molecule has 4 nitrogen and oxygen atoms in total. The second-order valence-corrected chi connectivity index (χ2v) is 7.63. The van der Waals surface area contributed by atoms with Crippen LogP contribution in [0.3, 0.4) is 0 Å². The van der Waals surface area contributed by atoms with Crippen LogP contribution in [0.15, 0.2) is 0 Å². The molecule has 3 aliphatic rings. The molecule has 1 heterocycles. The number of hydrogen-bond donors (Lipinski definition) is 1. The van der Waals surface area contributed by atoms with E-state index in [4.69, 9.17) is 0 Å². The molecule has 1 saturated heterocycles. The van der Waals surface area contributed by atoms with Crippen molar-refractivity contribution in [3.63, 3.8) is 0 Å². The highest BCUT2D eigenvalue weighted by atomic mass is 16.4. The van der Waals surface area contributed by atoms with Gasteiger partial charge < -0.3 is 5.11 Å². The molecular weight excluding hydrogens is 264 g/mol. The first-order valence-electron chi connectivity index (χ1n) is 8.72. The highest BCUT2D eigenvalue weighted by Gasteiger charge is 2.46. The monoisotopic (exact) mass is 294 g/mol. The molecule has 0 amide bonds. The minimum Gasteiger partial charge on any atom is -0.481 e. The molecular formula is C17H30N2O2. The average molecular weight is 294 g/mol. The van der Waals surface area contributed by atoms with E-state index in [-0.39, 0.29) is 5.54 Å². The molecule has 21 heavy (non-hydrogen) atoms. The zero-order valence-electron chi connectivity index (χ0n) is 13.6. The van der Waals surface area contributed by atoms with Crippen LogP contribution in [0, 0.1) is 0 Å². The number of likely N-dealkylation sites (tertiary alicyclic amines) is 1. The van der Waals surface area contributed by atoms with E-state index in [0.29, 0.717) is 18.5 Å². The lowest BCUT2D eigenvalue weighted by Gasteiger charge is -2.47. The number of nitrogens with zero attached hydrogens (tertiary/aromatic N) is 2. The number of carbonyl (C=O) groups is 1. The number of aliphatic carboxylic acids is 1. The fourth-order valence-corrected chi connectivity index (χ4v) is 4.76. The molecule has 0 aromatic carbocycles. The van der Waals surface area contributed by atoms with Gasteiger partial charge in [0.2, 0.25) is 0 Å². The van der Waals surface area contributed by atoms with E-state index < -0.39 is 5.97 Å². The van der Waals surface area contributed by atoms with E-state index in [1.54, 1.807) is 0 Å². The van der Waals surface area contributed by atoms with E-state index in [9.17, 15) is 9.90 Å². The van der Waals surface area contributed by atoms with E-state index in [2.05, 4.69) is 23.8 Å². The molecule has 0 spiro atoms. The Labute approximate surface area is 128 Å². The molecule has 0 aromatic rings. The lowest BCUT2D eigenvalue weighted by Crippen LogP contribution is -2.54. The maximum Gasteiger partial charge on any atom is 0.305 e. The summed E-state index contributed by atoms with van der Waals surface area (Å²) >= 11 is 0. The molecule has 120 valence electrons. The second-order valence-electron chi connectivity index (χ2n) is 7.63. The zero-order chi connectivity index (χ0) is 15.0. The Balaban J connectivity index is 1.71. The van der Waals surface area contributed by atoms with Crippen molar-refractivity contribution in [1.29, 1.82) is 0 Å². The molecule has 4 heteroatoms. The van der Waals surface area contributed by atoms with Crippen molar-refractivity contribution in [2.24, 2.45) is 0 Å². The van der Waals surface area contributed by atoms with Crippen LogP contribution in [0.2, 0.25) is 0 Å². The van der Waals surface area contributed by atoms with Crippen LogP contribution >= 0.6 is 0 Å². The molecule has 2 saturated carbocycles. The van der Waals surface area contributed by atoms with E-state index >= 15 is 0 Å². The van der Waals surface area contributed by atoms with Crippen molar-refractivity contribution in [1.82, 2.24) is 9.80 Å². The fourth-order valence-electron chi connectivity index (χ4n) is 4.76. The normalized spacial score (nSPS) is 33.5. The summed E-state index contributed by atoms with van der Waals surface area (Å²) in [5, 5.41) is 9.39. The quantitative estimate of drug-likeness (QED) is 0.847. The molecule has 3 rings (SSSR count). The van der Waals surface area contributed by atoms with Crippen molar-refractivity contribution in [2.75, 3.05) is 13.6 Å². The Kier molecular flexibility index (Phi) is 4.28. The molecule has 0 bridgehead atoms. The summed E-state index contributed by atoms with van der Waals surface area (Å²) in [6, 6.07) is 2.02. The van der Waals surface area contributed by atoms with Crippen molar-refractivity contribution < 1.29 is 9.90 Å². The molecule has 0 radical (unpaired) electrons. The van der Waals surface area contributed by atoms with Gasteiger partial charge in [0.1, 0.15) is 0 Å². The first-order valence-corrected chi connectivity index (χ1v) is 8.72. The Morgan fingerprint density at radius 1 is 1.29 bits per heavy atom. The number of rotatable bonds is 5. The lowest BCUT2D eigenvalue weighted by molar-refractivity contribution is -0.141.